The van der Waals surface area contributed by atoms with Gasteiger partial charge < -0.3 is 9.88 Å². The van der Waals surface area contributed by atoms with E-state index in [0.717, 1.165) is 5.56 Å². The first-order valence-electron chi connectivity index (χ1n) is 8.72. The van der Waals surface area contributed by atoms with Gasteiger partial charge in [0.05, 0.1) is 6.20 Å². The summed E-state index contributed by atoms with van der Waals surface area (Å²) in [5.41, 5.74) is 1.93. The number of imidazole rings is 1. The minimum Gasteiger partial charge on any atom is -0.338 e. The van der Waals surface area contributed by atoms with E-state index in [4.69, 9.17) is 0 Å². The first-order chi connectivity index (χ1) is 12.8. The highest BCUT2D eigenvalue weighted by atomic mass is 19.1. The third-order valence-corrected chi connectivity index (χ3v) is 4.34. The Morgan fingerprint density at radius 3 is 2.59 bits per heavy atom. The quantitative estimate of drug-likeness (QED) is 0.708. The monoisotopic (exact) mass is 369 g/mol. The Bertz CT molecular complexity index is 966. The van der Waals surface area contributed by atoms with Gasteiger partial charge in [0.15, 0.2) is 0 Å². The van der Waals surface area contributed by atoms with Crippen LogP contribution in [0.3, 0.4) is 0 Å². The normalized spacial score (nSPS) is 11.0. The van der Waals surface area contributed by atoms with Crippen molar-refractivity contribution in [2.24, 2.45) is 0 Å². The average molecular weight is 369 g/mol. The van der Waals surface area contributed by atoms with Crippen LogP contribution in [0.15, 0.2) is 48.7 Å². The molecule has 0 aliphatic carbocycles. The zero-order chi connectivity index (χ0) is 19.6. The summed E-state index contributed by atoms with van der Waals surface area (Å²) in [5, 5.41) is 0. The second-order valence-corrected chi connectivity index (χ2v) is 6.73. The summed E-state index contributed by atoms with van der Waals surface area (Å²) in [6, 6.07) is 10.4. The van der Waals surface area contributed by atoms with Crippen molar-refractivity contribution in [3.63, 3.8) is 0 Å². The number of halogens is 2. The second-order valence-electron chi connectivity index (χ2n) is 6.73. The van der Waals surface area contributed by atoms with Gasteiger partial charge in [0.1, 0.15) is 23.2 Å². The lowest BCUT2D eigenvalue weighted by atomic mass is 10.0. The average Bonchev–Trinajstić information content (AvgIpc) is 3.06. The number of aromatic amines is 1. The molecular weight excluding hydrogens is 348 g/mol. The lowest BCUT2D eigenvalue weighted by Gasteiger charge is -2.26. The van der Waals surface area contributed by atoms with Crippen LogP contribution >= 0.6 is 0 Å². The van der Waals surface area contributed by atoms with Gasteiger partial charge in [-0.15, -0.1) is 0 Å². The molecule has 0 unspecified atom stereocenters. The van der Waals surface area contributed by atoms with E-state index < -0.39 is 11.6 Å². The van der Waals surface area contributed by atoms with Gasteiger partial charge in [-0.2, -0.15) is 0 Å². The van der Waals surface area contributed by atoms with Crippen LogP contribution < -0.4 is 0 Å². The van der Waals surface area contributed by atoms with E-state index >= 15 is 0 Å². The number of nitrogens with one attached hydrogen (secondary N) is 1. The summed E-state index contributed by atoms with van der Waals surface area (Å²) in [4.78, 5) is 21.5. The van der Waals surface area contributed by atoms with E-state index in [1.165, 1.54) is 24.4 Å². The lowest BCUT2D eigenvalue weighted by molar-refractivity contribution is 0.0684. The second kappa shape index (κ2) is 7.70. The van der Waals surface area contributed by atoms with E-state index in [2.05, 4.69) is 9.97 Å². The summed E-state index contributed by atoms with van der Waals surface area (Å²) in [6.07, 6.45) is 1.51. The molecule has 3 aromatic rings. The summed E-state index contributed by atoms with van der Waals surface area (Å²) >= 11 is 0. The molecule has 6 heteroatoms. The molecule has 0 saturated carbocycles. The Morgan fingerprint density at radius 2 is 1.96 bits per heavy atom. The van der Waals surface area contributed by atoms with Gasteiger partial charge >= 0.3 is 0 Å². The highest BCUT2D eigenvalue weighted by Crippen LogP contribution is 2.26. The first-order valence-corrected chi connectivity index (χ1v) is 8.72. The summed E-state index contributed by atoms with van der Waals surface area (Å²) in [5.74, 6) is -0.374. The molecule has 2 aromatic carbocycles. The topological polar surface area (TPSA) is 49.0 Å². The van der Waals surface area contributed by atoms with E-state index in [-0.39, 0.29) is 11.9 Å². The molecule has 0 aliphatic heterocycles. The number of benzene rings is 2. The highest BCUT2D eigenvalue weighted by Gasteiger charge is 2.21. The van der Waals surface area contributed by atoms with Crippen LogP contribution in [-0.4, -0.2) is 26.8 Å². The van der Waals surface area contributed by atoms with Gasteiger partial charge in [-0.05, 0) is 56.2 Å². The molecule has 1 amide bonds. The molecular formula is C21H21F2N3O. The zero-order valence-electron chi connectivity index (χ0n) is 15.5. The molecule has 3 rings (SSSR count). The molecule has 0 aliphatic rings. The van der Waals surface area contributed by atoms with Crippen molar-refractivity contribution in [1.82, 2.24) is 14.9 Å². The molecule has 0 bridgehead atoms. The standard InChI is InChI=1S/C21H21F2N3O/c1-13(2)26(21(27)20-11-24-14(3)25-20)12-15-7-8-19(23)18(9-15)16-5-4-6-17(22)10-16/h4-11,13H,12H2,1-3H3,(H,24,25). The Kier molecular flexibility index (Phi) is 5.35. The fourth-order valence-corrected chi connectivity index (χ4v) is 2.92. The maximum Gasteiger partial charge on any atom is 0.272 e. The van der Waals surface area contributed by atoms with Crippen LogP contribution in [0, 0.1) is 18.6 Å². The SMILES string of the molecule is Cc1ncc(C(=O)N(Cc2ccc(F)c(-c3cccc(F)c3)c2)C(C)C)[nH]1. The summed E-state index contributed by atoms with van der Waals surface area (Å²) in [6.45, 7) is 5.91. The van der Waals surface area contributed by atoms with Crippen molar-refractivity contribution in [2.45, 2.75) is 33.4 Å². The largest absolute Gasteiger partial charge is 0.338 e. The van der Waals surface area contributed by atoms with Gasteiger partial charge in [0.2, 0.25) is 0 Å². The molecule has 1 N–H and O–H groups in total. The van der Waals surface area contributed by atoms with Crippen molar-refractivity contribution < 1.29 is 13.6 Å². The van der Waals surface area contributed by atoms with Crippen molar-refractivity contribution >= 4 is 5.91 Å². The van der Waals surface area contributed by atoms with Crippen LogP contribution in [0.4, 0.5) is 8.78 Å². The third-order valence-electron chi connectivity index (χ3n) is 4.34. The Morgan fingerprint density at radius 1 is 1.19 bits per heavy atom. The maximum atomic E-state index is 14.3. The molecule has 0 saturated heterocycles. The smallest absolute Gasteiger partial charge is 0.272 e. The zero-order valence-corrected chi connectivity index (χ0v) is 15.5. The van der Waals surface area contributed by atoms with Gasteiger partial charge in [-0.3, -0.25) is 4.79 Å². The maximum absolute atomic E-state index is 14.3. The Hall–Kier alpha value is -3.02. The van der Waals surface area contributed by atoms with Crippen molar-refractivity contribution in [2.75, 3.05) is 0 Å². The highest BCUT2D eigenvalue weighted by molar-refractivity contribution is 5.92. The van der Waals surface area contributed by atoms with Crippen LogP contribution in [0.5, 0.6) is 0 Å². The number of aromatic nitrogens is 2. The molecule has 0 spiro atoms. The predicted molar refractivity (Wildman–Crippen MR) is 100 cm³/mol. The molecule has 0 fully saturated rings. The number of hydrogen-bond acceptors (Lipinski definition) is 2. The predicted octanol–water partition coefficient (Wildman–Crippen LogP) is 4.71. The van der Waals surface area contributed by atoms with Crippen LogP contribution in [0.1, 0.15) is 35.7 Å². The number of H-pyrrole nitrogens is 1. The Balaban J connectivity index is 1.91. The molecule has 27 heavy (non-hydrogen) atoms. The third kappa shape index (κ3) is 4.22. The number of aryl methyl sites for hydroxylation is 1. The number of rotatable bonds is 5. The number of hydrogen-bond donors (Lipinski definition) is 1. The number of carbonyl (C=O) groups excluding carboxylic acids is 1. The van der Waals surface area contributed by atoms with E-state index in [0.29, 0.717) is 29.2 Å². The molecule has 1 aromatic heterocycles. The number of amides is 1. The van der Waals surface area contributed by atoms with Crippen molar-refractivity contribution in [3.8, 4) is 11.1 Å². The lowest BCUT2D eigenvalue weighted by Crippen LogP contribution is -2.36. The van der Waals surface area contributed by atoms with Crippen molar-refractivity contribution in [3.05, 3.63) is 77.4 Å². The molecule has 4 nitrogen and oxygen atoms in total. The molecule has 0 atom stereocenters. The van der Waals surface area contributed by atoms with E-state index in [9.17, 15) is 13.6 Å². The Labute approximate surface area is 156 Å². The van der Waals surface area contributed by atoms with Gasteiger partial charge in [0, 0.05) is 18.2 Å². The fourth-order valence-electron chi connectivity index (χ4n) is 2.92. The van der Waals surface area contributed by atoms with Crippen molar-refractivity contribution in [1.29, 1.82) is 0 Å². The van der Waals surface area contributed by atoms with E-state index in [1.54, 1.807) is 36.1 Å². The van der Waals surface area contributed by atoms with Crippen LogP contribution in [-0.2, 0) is 6.54 Å². The summed E-state index contributed by atoms with van der Waals surface area (Å²) < 4.78 is 27.8. The number of carbonyl (C=O) groups is 1. The summed E-state index contributed by atoms with van der Waals surface area (Å²) in [7, 11) is 0. The fraction of sp³-hybridized carbons (Fsp3) is 0.238. The minimum atomic E-state index is -0.434. The number of nitrogens with zero attached hydrogens (tertiary/aromatic N) is 2. The minimum absolute atomic E-state index is 0.0659. The van der Waals surface area contributed by atoms with E-state index in [1.807, 2.05) is 13.8 Å². The van der Waals surface area contributed by atoms with Gasteiger partial charge in [-0.25, -0.2) is 13.8 Å². The van der Waals surface area contributed by atoms with Crippen LogP contribution in [0.2, 0.25) is 0 Å². The van der Waals surface area contributed by atoms with Crippen LogP contribution in [0.25, 0.3) is 11.1 Å². The van der Waals surface area contributed by atoms with Gasteiger partial charge in [0.25, 0.3) is 5.91 Å². The molecule has 1 heterocycles. The molecule has 140 valence electrons. The van der Waals surface area contributed by atoms with Gasteiger partial charge in [-0.1, -0.05) is 18.2 Å². The first kappa shape index (κ1) is 18.8. The molecule has 0 radical (unpaired) electrons.